The van der Waals surface area contributed by atoms with Crippen LogP contribution in [0.2, 0.25) is 5.02 Å². The van der Waals surface area contributed by atoms with E-state index in [4.69, 9.17) is 16.3 Å². The summed E-state index contributed by atoms with van der Waals surface area (Å²) in [6.07, 6.45) is 1.67. The maximum atomic E-state index is 12.5. The average molecular weight is 418 g/mol. The Balaban J connectivity index is 1.99. The number of hydrogen-bond acceptors (Lipinski definition) is 5. The van der Waals surface area contributed by atoms with E-state index in [1.54, 1.807) is 24.4 Å². The number of benzene rings is 1. The maximum Gasteiger partial charge on any atom is 0.265 e. The van der Waals surface area contributed by atoms with Crippen LogP contribution in [-0.4, -0.2) is 30.1 Å². The summed E-state index contributed by atoms with van der Waals surface area (Å²) in [4.78, 5) is 3.99. The van der Waals surface area contributed by atoms with Crippen LogP contribution in [0.15, 0.2) is 45.9 Å². The van der Waals surface area contributed by atoms with E-state index in [1.807, 2.05) is 0 Å². The molecule has 10 heteroatoms. The van der Waals surface area contributed by atoms with Crippen LogP contribution in [0, 0.1) is 0 Å². The highest BCUT2D eigenvalue weighted by Gasteiger charge is 2.21. The van der Waals surface area contributed by atoms with E-state index in [2.05, 4.69) is 30.7 Å². The van der Waals surface area contributed by atoms with Crippen molar-refractivity contribution in [3.8, 4) is 5.75 Å². The van der Waals surface area contributed by atoms with Gasteiger partial charge in [-0.1, -0.05) is 11.6 Å². The summed E-state index contributed by atoms with van der Waals surface area (Å²) in [7, 11) is -2.51. The Hall–Kier alpha value is -1.84. The molecule has 0 aliphatic carbocycles. The lowest BCUT2D eigenvalue weighted by Gasteiger charge is -2.08. The number of rotatable bonds is 4. The summed E-state index contributed by atoms with van der Waals surface area (Å²) in [6.45, 7) is 0. The number of halogens is 2. The third kappa shape index (κ3) is 3.26. The quantitative estimate of drug-likeness (QED) is 0.705. The molecule has 0 bridgehead atoms. The topological polar surface area (TPSA) is 85.6 Å². The summed E-state index contributed by atoms with van der Waals surface area (Å²) >= 11 is 9.28. The Morgan fingerprint density at radius 3 is 2.83 bits per heavy atom. The van der Waals surface area contributed by atoms with E-state index in [0.717, 1.165) is 4.47 Å². The van der Waals surface area contributed by atoms with E-state index in [1.165, 1.54) is 23.8 Å². The van der Waals surface area contributed by atoms with Gasteiger partial charge in [0, 0.05) is 16.7 Å². The molecule has 0 amide bonds. The van der Waals surface area contributed by atoms with Crippen molar-refractivity contribution < 1.29 is 13.2 Å². The molecule has 0 saturated carbocycles. The van der Waals surface area contributed by atoms with Crippen molar-refractivity contribution in [1.29, 1.82) is 0 Å². The largest absolute Gasteiger partial charge is 0.497 e. The van der Waals surface area contributed by atoms with Gasteiger partial charge in [0.2, 0.25) is 0 Å². The molecule has 1 N–H and O–H groups in total. The normalized spacial score (nSPS) is 11.6. The molecular formula is C13H10BrClN4O3S. The zero-order valence-corrected chi connectivity index (χ0v) is 14.9. The van der Waals surface area contributed by atoms with Crippen molar-refractivity contribution in [1.82, 2.24) is 14.6 Å². The fourth-order valence-electron chi connectivity index (χ4n) is 1.89. The van der Waals surface area contributed by atoms with Crippen molar-refractivity contribution >= 4 is 49.1 Å². The molecule has 3 aromatic rings. The standard InChI is InChI=1S/C13H10BrClN4O3S/c1-22-9-3-4-10(15)11(6-9)23(20,21)18-13-16-12-5-2-8(14)7-19(12)17-13/h2-7H,1H3,(H,17,18). The summed E-state index contributed by atoms with van der Waals surface area (Å²) in [5, 5.41) is 4.14. The molecule has 3 rings (SSSR count). The zero-order valence-electron chi connectivity index (χ0n) is 11.7. The van der Waals surface area contributed by atoms with Gasteiger partial charge in [0.25, 0.3) is 16.0 Å². The number of ether oxygens (including phenoxy) is 1. The summed E-state index contributed by atoms with van der Waals surface area (Å²) < 4.78 is 34.5. The van der Waals surface area contributed by atoms with Crippen LogP contribution in [-0.2, 0) is 10.0 Å². The highest BCUT2D eigenvalue weighted by molar-refractivity contribution is 9.10. The van der Waals surface area contributed by atoms with Gasteiger partial charge < -0.3 is 4.74 Å². The Morgan fingerprint density at radius 1 is 1.30 bits per heavy atom. The van der Waals surface area contributed by atoms with Crippen molar-refractivity contribution in [2.75, 3.05) is 11.8 Å². The molecule has 0 spiro atoms. The lowest BCUT2D eigenvalue weighted by atomic mass is 10.3. The van der Waals surface area contributed by atoms with Crippen LogP contribution in [0.25, 0.3) is 5.65 Å². The van der Waals surface area contributed by atoms with Crippen LogP contribution in [0.1, 0.15) is 0 Å². The number of nitrogens with one attached hydrogen (secondary N) is 1. The summed E-state index contributed by atoms with van der Waals surface area (Å²) in [6, 6.07) is 7.83. The summed E-state index contributed by atoms with van der Waals surface area (Å²) in [5.41, 5.74) is 0.502. The Morgan fingerprint density at radius 2 is 2.09 bits per heavy atom. The number of nitrogens with zero attached hydrogens (tertiary/aromatic N) is 3. The van der Waals surface area contributed by atoms with Crippen LogP contribution < -0.4 is 9.46 Å². The van der Waals surface area contributed by atoms with Gasteiger partial charge in [-0.05, 0) is 40.2 Å². The molecule has 23 heavy (non-hydrogen) atoms. The van der Waals surface area contributed by atoms with E-state index in [9.17, 15) is 8.42 Å². The smallest absolute Gasteiger partial charge is 0.265 e. The molecule has 2 aromatic heterocycles. The number of sulfonamides is 1. The molecule has 2 heterocycles. The second-order valence-electron chi connectivity index (χ2n) is 4.49. The maximum absolute atomic E-state index is 12.5. The van der Waals surface area contributed by atoms with Gasteiger partial charge in [-0.15, -0.1) is 5.10 Å². The van der Waals surface area contributed by atoms with Gasteiger partial charge in [-0.25, -0.2) is 17.7 Å². The number of hydrogen-bond donors (Lipinski definition) is 1. The van der Waals surface area contributed by atoms with Gasteiger partial charge in [0.1, 0.15) is 10.6 Å². The lowest BCUT2D eigenvalue weighted by Crippen LogP contribution is -2.14. The third-order valence-corrected chi connectivity index (χ3v) is 5.23. The van der Waals surface area contributed by atoms with Gasteiger partial charge in [0.15, 0.2) is 5.65 Å². The highest BCUT2D eigenvalue weighted by atomic mass is 79.9. The van der Waals surface area contributed by atoms with E-state index in [0.29, 0.717) is 11.4 Å². The molecule has 1 aromatic carbocycles. The van der Waals surface area contributed by atoms with E-state index in [-0.39, 0.29) is 15.9 Å². The monoisotopic (exact) mass is 416 g/mol. The molecule has 7 nitrogen and oxygen atoms in total. The Kier molecular flexibility index (Phi) is 4.17. The molecule has 0 aliphatic rings. The molecule has 0 atom stereocenters. The zero-order chi connectivity index (χ0) is 16.6. The number of aromatic nitrogens is 3. The van der Waals surface area contributed by atoms with E-state index >= 15 is 0 Å². The molecular weight excluding hydrogens is 408 g/mol. The SMILES string of the molecule is COc1ccc(Cl)c(S(=O)(=O)Nc2nc3ccc(Br)cn3n2)c1. The van der Waals surface area contributed by atoms with Crippen molar-refractivity contribution in [3.63, 3.8) is 0 Å². The fourth-order valence-corrected chi connectivity index (χ4v) is 3.67. The third-order valence-electron chi connectivity index (χ3n) is 2.95. The minimum absolute atomic E-state index is 0.0537. The predicted octanol–water partition coefficient (Wildman–Crippen LogP) is 2.95. The van der Waals surface area contributed by atoms with Crippen LogP contribution >= 0.6 is 27.5 Å². The second kappa shape index (κ2) is 5.99. The summed E-state index contributed by atoms with van der Waals surface area (Å²) in [5.74, 6) is 0.323. The van der Waals surface area contributed by atoms with Crippen LogP contribution in [0.3, 0.4) is 0 Å². The Labute approximate surface area is 145 Å². The Bertz CT molecular complexity index is 990. The molecule has 0 radical (unpaired) electrons. The predicted molar refractivity (Wildman–Crippen MR) is 89.5 cm³/mol. The number of methoxy groups -OCH3 is 1. The second-order valence-corrected chi connectivity index (χ2v) is 7.46. The van der Waals surface area contributed by atoms with Crippen molar-refractivity contribution in [2.45, 2.75) is 4.90 Å². The molecule has 0 saturated heterocycles. The number of anilines is 1. The van der Waals surface area contributed by atoms with Gasteiger partial charge in [0.05, 0.1) is 12.1 Å². The number of fused-ring (bicyclic) bond motifs is 1. The molecule has 0 aliphatic heterocycles. The average Bonchev–Trinajstić information content (AvgIpc) is 2.88. The van der Waals surface area contributed by atoms with Gasteiger partial charge in [-0.3, -0.25) is 0 Å². The van der Waals surface area contributed by atoms with Crippen molar-refractivity contribution in [3.05, 3.63) is 46.0 Å². The fraction of sp³-hybridized carbons (Fsp3) is 0.0769. The first-order valence-electron chi connectivity index (χ1n) is 6.27. The lowest BCUT2D eigenvalue weighted by molar-refractivity contribution is 0.413. The first-order valence-corrected chi connectivity index (χ1v) is 8.93. The highest BCUT2D eigenvalue weighted by Crippen LogP contribution is 2.27. The number of pyridine rings is 1. The van der Waals surface area contributed by atoms with Crippen LogP contribution in [0.4, 0.5) is 5.95 Å². The van der Waals surface area contributed by atoms with Crippen molar-refractivity contribution in [2.24, 2.45) is 0 Å². The minimum atomic E-state index is -3.95. The molecule has 0 unspecified atom stereocenters. The van der Waals surface area contributed by atoms with Gasteiger partial charge in [-0.2, -0.15) is 4.98 Å². The van der Waals surface area contributed by atoms with Gasteiger partial charge >= 0.3 is 0 Å². The minimum Gasteiger partial charge on any atom is -0.497 e. The first-order chi connectivity index (χ1) is 10.9. The van der Waals surface area contributed by atoms with E-state index < -0.39 is 10.0 Å². The van der Waals surface area contributed by atoms with Crippen LogP contribution in [0.5, 0.6) is 5.75 Å². The first kappa shape index (κ1) is 16.0. The molecule has 120 valence electrons. The molecule has 0 fully saturated rings.